The molecule has 0 aromatic heterocycles. The number of rotatable bonds is 2. The van der Waals surface area contributed by atoms with Gasteiger partial charge in [0.15, 0.2) is 0 Å². The van der Waals surface area contributed by atoms with Crippen LogP contribution in [0.3, 0.4) is 0 Å². The summed E-state index contributed by atoms with van der Waals surface area (Å²) in [6.07, 6.45) is 16.4. The van der Waals surface area contributed by atoms with Crippen LogP contribution in [-0.4, -0.2) is 0 Å². The van der Waals surface area contributed by atoms with E-state index in [0.29, 0.717) is 0 Å². The van der Waals surface area contributed by atoms with Crippen molar-refractivity contribution in [2.24, 2.45) is 0 Å². The molecule has 2 aliphatic rings. The van der Waals surface area contributed by atoms with Crippen LogP contribution in [0.5, 0.6) is 0 Å². The van der Waals surface area contributed by atoms with Crippen molar-refractivity contribution in [1.82, 2.24) is 0 Å². The van der Waals surface area contributed by atoms with E-state index in [2.05, 4.69) is 32.3 Å². The summed E-state index contributed by atoms with van der Waals surface area (Å²) in [5, 5.41) is 0. The Kier molecular flexibility index (Phi) is 2.53. The second kappa shape index (κ2) is 3.64. The summed E-state index contributed by atoms with van der Waals surface area (Å²) in [7, 11) is 0. The Morgan fingerprint density at radius 3 is 1.42 bits per heavy atom. The lowest BCUT2D eigenvalue weighted by Gasteiger charge is -2.16. The average Bonchev–Trinajstić information content (AvgIpc) is 2.77. The number of allylic oxidation sites excluding steroid dienone is 1. The molecule has 0 heterocycles. The van der Waals surface area contributed by atoms with Crippen LogP contribution in [0.1, 0.15) is 0 Å². The molecule has 0 bridgehead atoms. The van der Waals surface area contributed by atoms with Gasteiger partial charge in [-0.2, -0.15) is 0 Å². The first kappa shape index (κ1) is 8.34. The standard InChI is InChI=1S/C12H10/c1-10(11-6-2-3-7-11)12-8-4-5-9-12/h2-9H,1H2. The summed E-state index contributed by atoms with van der Waals surface area (Å²) in [5.41, 5.74) is 1.10. The zero-order valence-corrected chi connectivity index (χ0v) is 6.83. The zero-order chi connectivity index (χ0) is 8.39. The van der Waals surface area contributed by atoms with E-state index in [1.54, 1.807) is 0 Å². The summed E-state index contributed by atoms with van der Waals surface area (Å²) < 4.78 is 0. The van der Waals surface area contributed by atoms with Crippen molar-refractivity contribution >= 4 is 0 Å². The van der Waals surface area contributed by atoms with Gasteiger partial charge in [-0.15, -0.1) is 0 Å². The lowest BCUT2D eigenvalue weighted by Crippen LogP contribution is -2.04. The third-order valence-corrected chi connectivity index (χ3v) is 2.02. The van der Waals surface area contributed by atoms with E-state index in [1.807, 2.05) is 25.7 Å². The van der Waals surface area contributed by atoms with Gasteiger partial charge in [0.2, 0.25) is 0 Å². The summed E-state index contributed by atoms with van der Waals surface area (Å²) in [6.45, 7) is 4.04. The first-order valence-electron chi connectivity index (χ1n) is 4.01. The van der Waals surface area contributed by atoms with Crippen LogP contribution < -0.4 is 0 Å². The summed E-state index contributed by atoms with van der Waals surface area (Å²) in [5.74, 6) is 2.42. The molecule has 2 aliphatic carbocycles. The normalized spacial score (nSPS) is 26.7. The smallest absolute Gasteiger partial charge is 0.00830 e. The van der Waals surface area contributed by atoms with E-state index in [-0.39, 0.29) is 0 Å². The lowest BCUT2D eigenvalue weighted by molar-refractivity contribution is 1.17. The van der Waals surface area contributed by atoms with Crippen LogP contribution in [0.25, 0.3) is 0 Å². The second-order valence-corrected chi connectivity index (χ2v) is 2.83. The molecule has 0 nitrogen and oxygen atoms in total. The highest BCUT2D eigenvalue weighted by Gasteiger charge is 2.28. The summed E-state index contributed by atoms with van der Waals surface area (Å²) in [6, 6.07) is 0. The summed E-state index contributed by atoms with van der Waals surface area (Å²) in [4.78, 5) is 0. The van der Waals surface area contributed by atoms with Crippen LogP contribution in [0.4, 0.5) is 0 Å². The minimum absolute atomic E-state index is 1.10. The SMILES string of the molecule is C=C([C]1[CH][CH][CH][CH]1)[C]1[CH][CH][CH][CH]1. The maximum atomic E-state index is 4.04. The van der Waals surface area contributed by atoms with E-state index in [1.165, 1.54) is 11.8 Å². The van der Waals surface area contributed by atoms with Gasteiger partial charge >= 0.3 is 0 Å². The summed E-state index contributed by atoms with van der Waals surface area (Å²) >= 11 is 0. The Hall–Kier alpha value is -0.260. The van der Waals surface area contributed by atoms with E-state index in [4.69, 9.17) is 0 Å². The molecule has 0 unspecified atom stereocenters. The Morgan fingerprint density at radius 2 is 1.08 bits per heavy atom. The monoisotopic (exact) mass is 154 g/mol. The molecule has 10 radical (unpaired) electrons. The van der Waals surface area contributed by atoms with Crippen LogP contribution in [0.15, 0.2) is 12.2 Å². The Balaban J connectivity index is 1.89. The predicted molar refractivity (Wildman–Crippen MR) is 50.0 cm³/mol. The van der Waals surface area contributed by atoms with Crippen molar-refractivity contribution in [2.45, 2.75) is 0 Å². The molecule has 0 spiro atoms. The van der Waals surface area contributed by atoms with Crippen LogP contribution in [0, 0.1) is 63.2 Å². The van der Waals surface area contributed by atoms with Gasteiger partial charge in [-0.05, 0) is 51.4 Å². The van der Waals surface area contributed by atoms with Crippen molar-refractivity contribution < 1.29 is 0 Å². The van der Waals surface area contributed by atoms with Gasteiger partial charge in [0.05, 0.1) is 0 Å². The van der Waals surface area contributed by atoms with Crippen molar-refractivity contribution in [3.05, 3.63) is 75.4 Å². The van der Waals surface area contributed by atoms with E-state index < -0.39 is 0 Å². The molecule has 12 heavy (non-hydrogen) atoms. The van der Waals surface area contributed by atoms with Crippen molar-refractivity contribution in [1.29, 1.82) is 0 Å². The predicted octanol–water partition coefficient (Wildman–Crippen LogP) is 2.35. The van der Waals surface area contributed by atoms with Crippen LogP contribution >= 0.6 is 0 Å². The maximum Gasteiger partial charge on any atom is 0.00830 e. The van der Waals surface area contributed by atoms with Gasteiger partial charge in [-0.25, -0.2) is 0 Å². The minimum Gasteiger partial charge on any atom is -0.0986 e. The molecular formula is C12H10. The molecule has 0 aromatic carbocycles. The maximum absolute atomic E-state index is 4.04. The van der Waals surface area contributed by atoms with E-state index in [0.717, 1.165) is 5.57 Å². The average molecular weight is 154 g/mol. The molecular weight excluding hydrogens is 144 g/mol. The Bertz CT molecular complexity index is 139. The first-order valence-corrected chi connectivity index (χ1v) is 4.01. The van der Waals surface area contributed by atoms with E-state index in [9.17, 15) is 0 Å². The highest BCUT2D eigenvalue weighted by atomic mass is 14.3. The van der Waals surface area contributed by atoms with Crippen LogP contribution in [0.2, 0.25) is 0 Å². The van der Waals surface area contributed by atoms with Crippen molar-refractivity contribution in [3.8, 4) is 0 Å². The van der Waals surface area contributed by atoms with Gasteiger partial charge in [0.25, 0.3) is 0 Å². The lowest BCUT2D eigenvalue weighted by atomic mass is 9.87. The van der Waals surface area contributed by atoms with Gasteiger partial charge < -0.3 is 0 Å². The molecule has 0 amide bonds. The molecule has 2 rings (SSSR count). The largest absolute Gasteiger partial charge is 0.0986 e. The molecule has 0 saturated heterocycles. The molecule has 0 aromatic rings. The van der Waals surface area contributed by atoms with E-state index >= 15 is 0 Å². The fourth-order valence-electron chi connectivity index (χ4n) is 1.32. The topological polar surface area (TPSA) is 0 Å². The highest BCUT2D eigenvalue weighted by Crippen LogP contribution is 2.39. The van der Waals surface area contributed by atoms with Gasteiger partial charge in [-0.1, -0.05) is 12.2 Å². The molecule has 2 saturated carbocycles. The zero-order valence-electron chi connectivity index (χ0n) is 6.83. The number of hydrogen-bond donors (Lipinski definition) is 0. The fourth-order valence-corrected chi connectivity index (χ4v) is 1.32. The highest BCUT2D eigenvalue weighted by molar-refractivity contribution is 5.59. The van der Waals surface area contributed by atoms with Crippen LogP contribution in [-0.2, 0) is 0 Å². The van der Waals surface area contributed by atoms with Gasteiger partial charge in [-0.3, -0.25) is 0 Å². The Morgan fingerprint density at radius 1 is 0.750 bits per heavy atom. The molecule has 2 fully saturated rings. The minimum atomic E-state index is 1.10. The first-order chi connectivity index (χ1) is 5.88. The molecule has 0 heteroatoms. The van der Waals surface area contributed by atoms with Gasteiger partial charge in [0.1, 0.15) is 0 Å². The second-order valence-electron chi connectivity index (χ2n) is 2.83. The third kappa shape index (κ3) is 1.57. The van der Waals surface area contributed by atoms with Crippen molar-refractivity contribution in [2.75, 3.05) is 0 Å². The van der Waals surface area contributed by atoms with Crippen molar-refractivity contribution in [3.63, 3.8) is 0 Å². The number of hydrogen-bond acceptors (Lipinski definition) is 0. The quantitative estimate of drug-likeness (QED) is 0.572. The van der Waals surface area contributed by atoms with Gasteiger partial charge in [0, 0.05) is 11.8 Å². The molecule has 0 aliphatic heterocycles. The molecule has 0 N–H and O–H groups in total. The molecule has 58 valence electrons. The Labute approximate surface area is 76.1 Å². The third-order valence-electron chi connectivity index (χ3n) is 2.02. The molecule has 0 atom stereocenters. The fraction of sp³-hybridized carbons (Fsp3) is 0.